The normalized spacial score (nSPS) is 12.2. The van der Waals surface area contributed by atoms with Gasteiger partial charge < -0.3 is 15.2 Å². The molecule has 0 fully saturated rings. The summed E-state index contributed by atoms with van der Waals surface area (Å²) in [6, 6.07) is 4.01. The number of benzene rings is 1. The van der Waals surface area contributed by atoms with Gasteiger partial charge in [-0.25, -0.2) is 0 Å². The summed E-state index contributed by atoms with van der Waals surface area (Å²) in [6.45, 7) is 6.19. The molecule has 0 spiro atoms. The minimum absolute atomic E-state index is 0.481. The highest BCUT2D eigenvalue weighted by Crippen LogP contribution is 2.29. The van der Waals surface area contributed by atoms with E-state index in [9.17, 15) is 0 Å². The van der Waals surface area contributed by atoms with Crippen molar-refractivity contribution in [3.63, 3.8) is 0 Å². The summed E-state index contributed by atoms with van der Waals surface area (Å²) in [5.74, 6) is 0.770. The number of hydrogen-bond donors (Lipinski definition) is 2. The van der Waals surface area contributed by atoms with Crippen molar-refractivity contribution in [2.75, 3.05) is 33.4 Å². The number of aromatic nitrogens is 2. The summed E-state index contributed by atoms with van der Waals surface area (Å²) < 4.78 is 11.5. The fourth-order valence-electron chi connectivity index (χ4n) is 2.45. The molecule has 2 rings (SSSR count). The van der Waals surface area contributed by atoms with Gasteiger partial charge in [-0.3, -0.25) is 10.1 Å². The van der Waals surface area contributed by atoms with Crippen LogP contribution >= 0.6 is 0 Å². The second-order valence-corrected chi connectivity index (χ2v) is 5.51. The minimum Gasteiger partial charge on any atom is -0.490 e. The second kappa shape index (κ2) is 10.4. The largest absolute Gasteiger partial charge is 0.490 e. The lowest BCUT2D eigenvalue weighted by atomic mass is 10.0. The van der Waals surface area contributed by atoms with Gasteiger partial charge in [-0.2, -0.15) is 5.10 Å². The van der Waals surface area contributed by atoms with Crippen molar-refractivity contribution in [2.24, 2.45) is 10.7 Å². The van der Waals surface area contributed by atoms with E-state index in [-0.39, 0.29) is 0 Å². The Kier molecular flexibility index (Phi) is 7.88. The first-order valence-electron chi connectivity index (χ1n) is 8.43. The SMILES string of the molecule is C=C/C=C(\C=NC)c1cc(OCCOCCCCN)c2cn[nH]c2c1. The standard InChI is InChI=1S/C19H26N4O2/c1-3-6-15(13-21-2)16-11-18-17(14-22-23-18)19(12-16)25-10-9-24-8-5-4-7-20/h3,6,11-14H,1,4-5,7-10,20H2,2H3,(H,22,23)/b15-6+,21-13?. The van der Waals surface area contributed by atoms with E-state index in [0.29, 0.717) is 26.4 Å². The van der Waals surface area contributed by atoms with Gasteiger partial charge in [0.2, 0.25) is 0 Å². The summed E-state index contributed by atoms with van der Waals surface area (Å²) in [6.07, 6.45) is 9.17. The third kappa shape index (κ3) is 5.55. The zero-order valence-corrected chi connectivity index (χ0v) is 14.7. The van der Waals surface area contributed by atoms with Gasteiger partial charge in [0, 0.05) is 19.9 Å². The molecular formula is C19H26N4O2. The third-order valence-electron chi connectivity index (χ3n) is 3.65. The maximum absolute atomic E-state index is 5.92. The van der Waals surface area contributed by atoms with Crippen molar-refractivity contribution in [3.05, 3.63) is 42.6 Å². The maximum atomic E-state index is 5.92. The maximum Gasteiger partial charge on any atom is 0.131 e. The molecule has 0 saturated carbocycles. The monoisotopic (exact) mass is 342 g/mol. The quantitative estimate of drug-likeness (QED) is 0.373. The molecule has 6 nitrogen and oxygen atoms in total. The smallest absolute Gasteiger partial charge is 0.131 e. The summed E-state index contributed by atoms with van der Waals surface area (Å²) in [5.41, 5.74) is 8.32. The number of rotatable bonds is 11. The molecule has 3 N–H and O–H groups in total. The molecule has 25 heavy (non-hydrogen) atoms. The second-order valence-electron chi connectivity index (χ2n) is 5.51. The number of fused-ring (bicyclic) bond motifs is 1. The van der Waals surface area contributed by atoms with Crippen molar-refractivity contribution in [1.82, 2.24) is 10.2 Å². The minimum atomic E-state index is 0.481. The van der Waals surface area contributed by atoms with Crippen LogP contribution < -0.4 is 10.5 Å². The summed E-state index contributed by atoms with van der Waals surface area (Å²) in [4.78, 5) is 4.10. The molecule has 0 saturated heterocycles. The molecule has 0 atom stereocenters. The number of nitrogens with zero attached hydrogens (tertiary/aromatic N) is 2. The van der Waals surface area contributed by atoms with Crippen LogP contribution in [0, 0.1) is 0 Å². The van der Waals surface area contributed by atoms with Crippen molar-refractivity contribution in [1.29, 1.82) is 0 Å². The van der Waals surface area contributed by atoms with Crippen molar-refractivity contribution < 1.29 is 9.47 Å². The summed E-state index contributed by atoms with van der Waals surface area (Å²) in [7, 11) is 1.74. The predicted molar refractivity (Wildman–Crippen MR) is 103 cm³/mol. The highest BCUT2D eigenvalue weighted by atomic mass is 16.5. The van der Waals surface area contributed by atoms with Gasteiger partial charge in [0.25, 0.3) is 0 Å². The number of hydrogen-bond acceptors (Lipinski definition) is 5. The Balaban J connectivity index is 2.09. The molecule has 0 aliphatic heterocycles. The van der Waals surface area contributed by atoms with E-state index >= 15 is 0 Å². The van der Waals surface area contributed by atoms with Crippen molar-refractivity contribution in [3.8, 4) is 5.75 Å². The van der Waals surface area contributed by atoms with Gasteiger partial charge in [0.05, 0.1) is 23.7 Å². The van der Waals surface area contributed by atoms with E-state index in [2.05, 4.69) is 21.8 Å². The molecule has 0 aliphatic rings. The number of H-pyrrole nitrogens is 1. The molecule has 0 bridgehead atoms. The molecule has 0 amide bonds. The molecule has 1 aromatic carbocycles. The van der Waals surface area contributed by atoms with Crippen molar-refractivity contribution >= 4 is 22.7 Å². The van der Waals surface area contributed by atoms with Gasteiger partial charge >= 0.3 is 0 Å². The van der Waals surface area contributed by atoms with Gasteiger partial charge in [0.1, 0.15) is 12.4 Å². The number of aromatic amines is 1. The summed E-state index contributed by atoms with van der Waals surface area (Å²) in [5, 5.41) is 8.05. The fourth-order valence-corrected chi connectivity index (χ4v) is 2.45. The van der Waals surface area contributed by atoms with Gasteiger partial charge in [-0.05, 0) is 42.7 Å². The lowest BCUT2D eigenvalue weighted by Gasteiger charge is -2.10. The van der Waals surface area contributed by atoms with Crippen LogP contribution in [-0.4, -0.2) is 49.8 Å². The first-order valence-corrected chi connectivity index (χ1v) is 8.43. The third-order valence-corrected chi connectivity index (χ3v) is 3.65. The summed E-state index contributed by atoms with van der Waals surface area (Å²) >= 11 is 0. The van der Waals surface area contributed by atoms with Crippen LogP contribution in [0.5, 0.6) is 5.75 Å². The average Bonchev–Trinajstić information content (AvgIpc) is 3.09. The molecule has 1 heterocycles. The Labute approximate surface area is 148 Å². The van der Waals surface area contributed by atoms with Gasteiger partial charge in [-0.15, -0.1) is 0 Å². The molecule has 134 valence electrons. The number of ether oxygens (including phenoxy) is 2. The predicted octanol–water partition coefficient (Wildman–Crippen LogP) is 2.97. The number of aliphatic imine (C=N–C) groups is 1. The van der Waals surface area contributed by atoms with Crippen LogP contribution in [0.4, 0.5) is 0 Å². The lowest BCUT2D eigenvalue weighted by molar-refractivity contribution is 0.0982. The van der Waals surface area contributed by atoms with E-state index in [1.54, 1.807) is 25.5 Å². The Morgan fingerprint density at radius 1 is 1.32 bits per heavy atom. The topological polar surface area (TPSA) is 85.5 Å². The first-order chi connectivity index (χ1) is 12.3. The van der Waals surface area contributed by atoms with Gasteiger partial charge in [-0.1, -0.05) is 18.7 Å². The van der Waals surface area contributed by atoms with Gasteiger partial charge in [0.15, 0.2) is 0 Å². The van der Waals surface area contributed by atoms with E-state index < -0.39 is 0 Å². The lowest BCUT2D eigenvalue weighted by Crippen LogP contribution is -2.09. The van der Waals surface area contributed by atoms with Crippen molar-refractivity contribution in [2.45, 2.75) is 12.8 Å². The number of unbranched alkanes of at least 4 members (excludes halogenated alkanes) is 1. The molecule has 0 radical (unpaired) electrons. The fraction of sp³-hybridized carbons (Fsp3) is 0.368. The van der Waals surface area contributed by atoms with Crippen LogP contribution in [0.2, 0.25) is 0 Å². The molecular weight excluding hydrogens is 316 g/mol. The molecule has 0 unspecified atom stereocenters. The molecule has 2 aromatic rings. The number of nitrogens with one attached hydrogen (secondary N) is 1. The Morgan fingerprint density at radius 2 is 2.20 bits per heavy atom. The number of allylic oxidation sites excluding steroid dienone is 3. The van der Waals surface area contributed by atoms with E-state index in [4.69, 9.17) is 15.2 Å². The Hall–Kier alpha value is -2.44. The Morgan fingerprint density at radius 3 is 2.96 bits per heavy atom. The highest BCUT2D eigenvalue weighted by Gasteiger charge is 2.09. The van der Waals surface area contributed by atoms with Crippen LogP contribution in [0.3, 0.4) is 0 Å². The first kappa shape index (κ1) is 18.9. The number of nitrogens with two attached hydrogens (primary N) is 1. The van der Waals surface area contributed by atoms with Crippen LogP contribution in [-0.2, 0) is 4.74 Å². The van der Waals surface area contributed by atoms with E-state index in [1.165, 1.54) is 0 Å². The van der Waals surface area contributed by atoms with Crippen LogP contribution in [0.15, 0.2) is 42.1 Å². The highest BCUT2D eigenvalue weighted by molar-refractivity contribution is 6.11. The molecule has 6 heteroatoms. The molecule has 1 aromatic heterocycles. The Bertz CT molecular complexity index is 734. The van der Waals surface area contributed by atoms with Crippen LogP contribution in [0.1, 0.15) is 18.4 Å². The van der Waals surface area contributed by atoms with Crippen LogP contribution in [0.25, 0.3) is 16.5 Å². The van der Waals surface area contributed by atoms with E-state index in [0.717, 1.165) is 40.6 Å². The zero-order valence-electron chi connectivity index (χ0n) is 14.7. The molecule has 0 aliphatic carbocycles. The average molecular weight is 342 g/mol. The van der Waals surface area contributed by atoms with E-state index in [1.807, 2.05) is 18.2 Å². The zero-order chi connectivity index (χ0) is 17.9.